The van der Waals surface area contributed by atoms with Crippen LogP contribution in [-0.2, 0) is 0 Å². The average molecular weight is 282 g/mol. The number of rotatable bonds is 6. The first-order chi connectivity index (χ1) is 8.58. The van der Waals surface area contributed by atoms with Crippen LogP contribution in [0.4, 0.5) is 0 Å². The Kier molecular flexibility index (Phi) is 6.15. The second kappa shape index (κ2) is 7.38. The minimum Gasteiger partial charge on any atom is -0.389 e. The van der Waals surface area contributed by atoms with E-state index in [1.807, 2.05) is 6.26 Å². The molecule has 1 aromatic carbocycles. The zero-order valence-electron chi connectivity index (χ0n) is 10.6. The Balaban J connectivity index is 2.69. The van der Waals surface area contributed by atoms with Gasteiger partial charge in [-0.15, -0.1) is 0 Å². The van der Waals surface area contributed by atoms with Crippen molar-refractivity contribution in [1.82, 2.24) is 5.32 Å². The smallest absolute Gasteiger partial charge is 0.251 e. The van der Waals surface area contributed by atoms with Crippen LogP contribution in [0.1, 0.15) is 29.3 Å². The molecule has 0 fully saturated rings. The van der Waals surface area contributed by atoms with Gasteiger partial charge in [-0.1, -0.05) is 31.3 Å². The van der Waals surface area contributed by atoms with Gasteiger partial charge in [0.2, 0.25) is 0 Å². The van der Waals surface area contributed by atoms with Crippen molar-refractivity contribution in [3.05, 3.63) is 35.4 Å². The fraction of sp³-hybridized carbons (Fsp3) is 0.385. The van der Waals surface area contributed by atoms with Gasteiger partial charge >= 0.3 is 0 Å². The second-order valence-corrected chi connectivity index (χ2v) is 5.33. The normalized spacial score (nSPS) is 11.9. The van der Waals surface area contributed by atoms with E-state index in [-0.39, 0.29) is 11.9 Å². The molecule has 3 nitrogen and oxygen atoms in total. The Labute approximate surface area is 118 Å². The van der Waals surface area contributed by atoms with E-state index >= 15 is 0 Å². The molecular weight excluding hydrogens is 264 g/mol. The first kappa shape index (κ1) is 15.0. The van der Waals surface area contributed by atoms with Gasteiger partial charge in [0.25, 0.3) is 5.91 Å². The van der Waals surface area contributed by atoms with Gasteiger partial charge in [0.1, 0.15) is 4.99 Å². The van der Waals surface area contributed by atoms with Crippen LogP contribution in [0.5, 0.6) is 0 Å². The highest BCUT2D eigenvalue weighted by atomic mass is 32.2. The number of amides is 1. The number of nitrogens with two attached hydrogens (primary N) is 1. The molecule has 1 amide bonds. The maximum Gasteiger partial charge on any atom is 0.251 e. The molecule has 0 spiro atoms. The number of nitrogens with one attached hydrogen (secondary N) is 1. The van der Waals surface area contributed by atoms with Crippen molar-refractivity contribution in [1.29, 1.82) is 0 Å². The Bertz CT molecular complexity index is 418. The second-order valence-electron chi connectivity index (χ2n) is 3.98. The largest absolute Gasteiger partial charge is 0.389 e. The molecule has 0 heterocycles. The molecule has 0 bridgehead atoms. The lowest BCUT2D eigenvalue weighted by molar-refractivity contribution is 0.0940. The average Bonchev–Trinajstić information content (AvgIpc) is 2.38. The molecule has 98 valence electrons. The number of hydrogen-bond donors (Lipinski definition) is 2. The molecule has 0 aliphatic carbocycles. The maximum absolute atomic E-state index is 12.0. The van der Waals surface area contributed by atoms with Crippen molar-refractivity contribution >= 4 is 34.9 Å². The zero-order valence-corrected chi connectivity index (χ0v) is 12.2. The summed E-state index contributed by atoms with van der Waals surface area (Å²) in [6, 6.07) is 7.24. The van der Waals surface area contributed by atoms with E-state index in [0.717, 1.165) is 17.7 Å². The van der Waals surface area contributed by atoms with Gasteiger partial charge in [-0.25, -0.2) is 0 Å². The molecule has 3 N–H and O–H groups in total. The van der Waals surface area contributed by atoms with Crippen molar-refractivity contribution in [2.75, 3.05) is 12.0 Å². The highest BCUT2D eigenvalue weighted by Crippen LogP contribution is 2.07. The summed E-state index contributed by atoms with van der Waals surface area (Å²) in [6.07, 6.45) is 2.96. The summed E-state index contributed by atoms with van der Waals surface area (Å²) in [5.41, 5.74) is 6.92. The highest BCUT2D eigenvalue weighted by Gasteiger charge is 2.11. The first-order valence-electron chi connectivity index (χ1n) is 5.78. The first-order valence-corrected chi connectivity index (χ1v) is 7.58. The number of hydrogen-bond acceptors (Lipinski definition) is 3. The van der Waals surface area contributed by atoms with E-state index in [9.17, 15) is 4.79 Å². The van der Waals surface area contributed by atoms with E-state index in [0.29, 0.717) is 10.6 Å². The summed E-state index contributed by atoms with van der Waals surface area (Å²) in [5.74, 6) is 0.873. The Hall–Kier alpha value is -1.07. The molecule has 1 aromatic rings. The van der Waals surface area contributed by atoms with E-state index < -0.39 is 0 Å². The van der Waals surface area contributed by atoms with Gasteiger partial charge in [0, 0.05) is 22.9 Å². The van der Waals surface area contributed by atoms with E-state index in [1.165, 1.54) is 0 Å². The van der Waals surface area contributed by atoms with E-state index in [2.05, 4.69) is 12.2 Å². The summed E-state index contributed by atoms with van der Waals surface area (Å²) in [4.78, 5) is 12.3. The van der Waals surface area contributed by atoms with Crippen LogP contribution in [0, 0.1) is 0 Å². The quantitative estimate of drug-likeness (QED) is 0.785. The molecule has 0 aromatic heterocycles. The van der Waals surface area contributed by atoms with Crippen LogP contribution < -0.4 is 11.1 Å². The van der Waals surface area contributed by atoms with E-state index in [4.69, 9.17) is 18.0 Å². The van der Waals surface area contributed by atoms with Gasteiger partial charge in [-0.05, 0) is 24.8 Å². The maximum atomic E-state index is 12.0. The molecule has 1 rings (SSSR count). The monoisotopic (exact) mass is 282 g/mol. The lowest BCUT2D eigenvalue weighted by atomic mass is 10.1. The van der Waals surface area contributed by atoms with Gasteiger partial charge in [0.05, 0.1) is 0 Å². The van der Waals surface area contributed by atoms with Crippen molar-refractivity contribution in [2.24, 2.45) is 5.73 Å². The molecule has 1 atom stereocenters. The third-order valence-corrected chi connectivity index (χ3v) is 3.60. The van der Waals surface area contributed by atoms with Crippen LogP contribution >= 0.6 is 24.0 Å². The van der Waals surface area contributed by atoms with Crippen molar-refractivity contribution in [3.8, 4) is 0 Å². The number of thioether (sulfide) groups is 1. The number of thiocarbonyl (C=S) groups is 1. The summed E-state index contributed by atoms with van der Waals surface area (Å²) >= 11 is 6.60. The highest BCUT2D eigenvalue weighted by molar-refractivity contribution is 7.98. The molecule has 5 heteroatoms. The predicted molar refractivity (Wildman–Crippen MR) is 82.3 cm³/mol. The van der Waals surface area contributed by atoms with Gasteiger partial charge in [-0.2, -0.15) is 11.8 Å². The Morgan fingerprint density at radius 2 is 1.94 bits per heavy atom. The third kappa shape index (κ3) is 4.31. The van der Waals surface area contributed by atoms with Crippen molar-refractivity contribution in [3.63, 3.8) is 0 Å². The number of carbonyl (C=O) groups excluding carboxylic acids is 1. The van der Waals surface area contributed by atoms with Crippen molar-refractivity contribution in [2.45, 2.75) is 19.4 Å². The number of benzene rings is 1. The topological polar surface area (TPSA) is 55.1 Å². The lowest BCUT2D eigenvalue weighted by Gasteiger charge is -2.15. The fourth-order valence-electron chi connectivity index (χ4n) is 1.52. The van der Waals surface area contributed by atoms with Crippen LogP contribution in [0.3, 0.4) is 0 Å². The Morgan fingerprint density at radius 1 is 1.39 bits per heavy atom. The summed E-state index contributed by atoms with van der Waals surface area (Å²) in [6.45, 7) is 2.07. The summed E-state index contributed by atoms with van der Waals surface area (Å²) in [7, 11) is 0. The Morgan fingerprint density at radius 3 is 2.39 bits per heavy atom. The molecule has 1 unspecified atom stereocenters. The van der Waals surface area contributed by atoms with Crippen LogP contribution in [-0.4, -0.2) is 28.9 Å². The molecule has 0 aliphatic rings. The van der Waals surface area contributed by atoms with Gasteiger partial charge in [-0.3, -0.25) is 4.79 Å². The van der Waals surface area contributed by atoms with Crippen LogP contribution in [0.25, 0.3) is 0 Å². The molecule has 0 saturated heterocycles. The standard InChI is InChI=1S/C13H18N2OS2/c1-3-11(8-18-2)15-13(16)10-6-4-9(5-7-10)12(14)17/h4-7,11H,3,8H2,1-2H3,(H2,14,17)(H,15,16). The van der Waals surface area contributed by atoms with Crippen molar-refractivity contribution < 1.29 is 4.79 Å². The molecule has 0 saturated carbocycles. The molecule has 0 aliphatic heterocycles. The fourth-order valence-corrected chi connectivity index (χ4v) is 2.37. The minimum atomic E-state index is -0.0506. The van der Waals surface area contributed by atoms with Crippen LogP contribution in [0.15, 0.2) is 24.3 Å². The lowest BCUT2D eigenvalue weighted by Crippen LogP contribution is -2.36. The summed E-state index contributed by atoms with van der Waals surface area (Å²) in [5, 5.41) is 3.01. The van der Waals surface area contributed by atoms with Gasteiger partial charge in [0.15, 0.2) is 0 Å². The molecule has 18 heavy (non-hydrogen) atoms. The minimum absolute atomic E-state index is 0.0506. The summed E-state index contributed by atoms with van der Waals surface area (Å²) < 4.78 is 0. The van der Waals surface area contributed by atoms with Gasteiger partial charge < -0.3 is 11.1 Å². The zero-order chi connectivity index (χ0) is 13.5. The van der Waals surface area contributed by atoms with E-state index in [1.54, 1.807) is 36.0 Å². The third-order valence-electron chi connectivity index (χ3n) is 2.63. The van der Waals surface area contributed by atoms with Crippen LogP contribution in [0.2, 0.25) is 0 Å². The predicted octanol–water partition coefficient (Wildman–Crippen LogP) is 2.19. The number of carbonyl (C=O) groups is 1. The molecular formula is C13H18N2OS2. The SMILES string of the molecule is CCC(CSC)NC(=O)c1ccc(C(N)=S)cc1. The molecule has 0 radical (unpaired) electrons.